The number of aromatic nitrogens is 2. The molecule has 1 aromatic heterocycles. The molecular formula is C35H41N5O. The first-order valence-electron chi connectivity index (χ1n) is 15.5. The lowest BCUT2D eigenvalue weighted by atomic mass is 9.70. The number of hydrogen-bond acceptors (Lipinski definition) is 4. The molecule has 0 radical (unpaired) electrons. The van der Waals surface area contributed by atoms with E-state index in [4.69, 9.17) is 4.98 Å². The molecule has 2 bridgehead atoms. The summed E-state index contributed by atoms with van der Waals surface area (Å²) in [6, 6.07) is 31.2. The summed E-state index contributed by atoms with van der Waals surface area (Å²) < 4.78 is 2.48. The highest BCUT2D eigenvalue weighted by molar-refractivity contribution is 5.94. The fraction of sp³-hybridized carbons (Fsp3) is 0.429. The quantitative estimate of drug-likeness (QED) is 0.287. The molecule has 3 aliphatic rings. The third kappa shape index (κ3) is 4.82. The van der Waals surface area contributed by atoms with Crippen LogP contribution in [0, 0.1) is 0 Å². The Balaban J connectivity index is 1.07. The van der Waals surface area contributed by atoms with E-state index >= 15 is 0 Å². The number of benzene rings is 3. The van der Waals surface area contributed by atoms with Gasteiger partial charge in [0.2, 0.25) is 5.95 Å². The molecule has 1 N–H and O–H groups in total. The van der Waals surface area contributed by atoms with Crippen molar-refractivity contribution in [3.05, 3.63) is 96.1 Å². The molecule has 3 aromatic carbocycles. The monoisotopic (exact) mass is 547 g/mol. The van der Waals surface area contributed by atoms with Gasteiger partial charge < -0.3 is 14.8 Å². The van der Waals surface area contributed by atoms with Crippen LogP contribution in [0.1, 0.15) is 66.9 Å². The molecule has 3 atom stereocenters. The highest BCUT2D eigenvalue weighted by Crippen LogP contribution is 2.45. The van der Waals surface area contributed by atoms with Gasteiger partial charge in [0, 0.05) is 43.8 Å². The molecule has 0 aliphatic carbocycles. The Morgan fingerprint density at radius 1 is 0.854 bits per heavy atom. The zero-order valence-corrected chi connectivity index (χ0v) is 24.1. The molecule has 1 unspecified atom stereocenters. The Bertz CT molecular complexity index is 1480. The van der Waals surface area contributed by atoms with Gasteiger partial charge in [-0.25, -0.2) is 4.98 Å². The summed E-state index contributed by atoms with van der Waals surface area (Å²) >= 11 is 0. The number of rotatable bonds is 7. The van der Waals surface area contributed by atoms with Gasteiger partial charge in [-0.1, -0.05) is 60.7 Å². The van der Waals surface area contributed by atoms with Crippen molar-refractivity contribution >= 4 is 22.9 Å². The minimum atomic E-state index is 0.116. The largest absolute Gasteiger partial charge is 0.359 e. The number of nitrogens with zero attached hydrogens (tertiary/aromatic N) is 4. The maximum Gasteiger partial charge on any atom is 0.253 e. The molecule has 7 rings (SSSR count). The molecule has 1 amide bonds. The van der Waals surface area contributed by atoms with Crippen molar-refractivity contribution in [2.75, 3.05) is 32.0 Å². The lowest BCUT2D eigenvalue weighted by molar-refractivity contribution is 0.0608. The SMILES string of the molecule is CNc1nc2ccccc2n1C1C[C@H]2CC[C@@H](C1)N2CCC1(c2ccccc2)CCN(C(=O)c2ccccc2)CC1. The Labute approximate surface area is 243 Å². The van der Waals surface area contributed by atoms with E-state index in [0.717, 1.165) is 55.9 Å². The minimum Gasteiger partial charge on any atom is -0.359 e. The number of fused-ring (bicyclic) bond motifs is 3. The average molecular weight is 548 g/mol. The van der Waals surface area contributed by atoms with Crippen molar-refractivity contribution < 1.29 is 4.79 Å². The predicted molar refractivity (Wildman–Crippen MR) is 165 cm³/mol. The van der Waals surface area contributed by atoms with Crippen LogP contribution >= 0.6 is 0 Å². The number of piperidine rings is 2. The van der Waals surface area contributed by atoms with Crippen LogP contribution < -0.4 is 5.32 Å². The van der Waals surface area contributed by atoms with E-state index in [1.165, 1.54) is 36.8 Å². The van der Waals surface area contributed by atoms with Crippen LogP contribution in [0.4, 0.5) is 5.95 Å². The van der Waals surface area contributed by atoms with E-state index in [2.05, 4.69) is 74.3 Å². The standard InChI is InChI=1S/C35H41N5O/c1-36-34-37-31-14-8-9-15-32(31)40(34)30-24-28-16-17-29(25-30)39(28)23-20-35(27-12-6-3-7-13-27)18-21-38(22-19-35)33(41)26-10-4-2-5-11-26/h2-15,28-30H,16-25H2,1H3,(H,36,37)/t28-,29+,30?. The molecule has 0 saturated carbocycles. The zero-order chi connectivity index (χ0) is 27.8. The number of carbonyl (C=O) groups is 1. The maximum atomic E-state index is 13.2. The Kier molecular flexibility index (Phi) is 7.03. The van der Waals surface area contributed by atoms with Crippen LogP contribution in [-0.2, 0) is 5.41 Å². The maximum absolute atomic E-state index is 13.2. The minimum absolute atomic E-state index is 0.116. The van der Waals surface area contributed by atoms with E-state index in [1.807, 2.05) is 37.4 Å². The van der Waals surface area contributed by atoms with Crippen LogP contribution in [0.5, 0.6) is 0 Å². The normalized spacial score (nSPS) is 24.0. The van der Waals surface area contributed by atoms with Crippen molar-refractivity contribution in [3.63, 3.8) is 0 Å². The highest BCUT2D eigenvalue weighted by atomic mass is 16.2. The lowest BCUT2D eigenvalue weighted by Gasteiger charge is -2.45. The van der Waals surface area contributed by atoms with Crippen molar-refractivity contribution in [1.82, 2.24) is 19.4 Å². The number of hydrogen-bond donors (Lipinski definition) is 1. The summed E-state index contributed by atoms with van der Waals surface area (Å²) in [7, 11) is 1.99. The third-order valence-corrected chi connectivity index (χ3v) is 10.3. The Hall–Kier alpha value is -3.64. The summed E-state index contributed by atoms with van der Waals surface area (Å²) in [5, 5.41) is 3.37. The van der Waals surface area contributed by atoms with Gasteiger partial charge in [-0.2, -0.15) is 0 Å². The molecule has 3 saturated heterocycles. The second-order valence-corrected chi connectivity index (χ2v) is 12.3. The summed E-state index contributed by atoms with van der Waals surface area (Å²) in [5.41, 5.74) is 4.68. The first kappa shape index (κ1) is 26.3. The summed E-state index contributed by atoms with van der Waals surface area (Å²) in [4.78, 5) is 23.0. The van der Waals surface area contributed by atoms with Crippen molar-refractivity contribution in [1.29, 1.82) is 0 Å². The highest BCUT2D eigenvalue weighted by Gasteiger charge is 2.44. The van der Waals surface area contributed by atoms with Crippen LogP contribution in [0.15, 0.2) is 84.9 Å². The van der Waals surface area contributed by atoms with E-state index in [9.17, 15) is 4.79 Å². The van der Waals surface area contributed by atoms with Gasteiger partial charge in [-0.3, -0.25) is 9.69 Å². The van der Waals surface area contributed by atoms with Gasteiger partial charge in [-0.05, 0) is 86.7 Å². The average Bonchev–Trinajstić information content (AvgIpc) is 3.53. The van der Waals surface area contributed by atoms with Crippen LogP contribution in [0.2, 0.25) is 0 Å². The molecular weight excluding hydrogens is 506 g/mol. The fourth-order valence-electron chi connectivity index (χ4n) is 8.13. The van der Waals surface area contributed by atoms with E-state index < -0.39 is 0 Å². The Morgan fingerprint density at radius 2 is 1.49 bits per heavy atom. The number of amides is 1. The van der Waals surface area contributed by atoms with Crippen LogP contribution in [0.25, 0.3) is 11.0 Å². The van der Waals surface area contributed by atoms with Gasteiger partial charge in [0.25, 0.3) is 5.91 Å². The summed E-state index contributed by atoms with van der Waals surface area (Å²) in [6.45, 7) is 2.77. The van der Waals surface area contributed by atoms with E-state index in [0.29, 0.717) is 18.1 Å². The molecule has 41 heavy (non-hydrogen) atoms. The van der Waals surface area contributed by atoms with Crippen LogP contribution in [-0.4, -0.2) is 64.0 Å². The van der Waals surface area contributed by atoms with E-state index in [-0.39, 0.29) is 11.3 Å². The smallest absolute Gasteiger partial charge is 0.253 e. The summed E-state index contributed by atoms with van der Waals surface area (Å²) in [5.74, 6) is 1.16. The van der Waals surface area contributed by atoms with E-state index in [1.54, 1.807) is 0 Å². The van der Waals surface area contributed by atoms with Crippen molar-refractivity contribution in [3.8, 4) is 0 Å². The predicted octanol–water partition coefficient (Wildman–Crippen LogP) is 6.51. The van der Waals surface area contributed by atoms with Gasteiger partial charge in [0.05, 0.1) is 11.0 Å². The first-order chi connectivity index (χ1) is 20.1. The van der Waals surface area contributed by atoms with Gasteiger partial charge in [0.1, 0.15) is 0 Å². The van der Waals surface area contributed by atoms with Crippen LogP contribution in [0.3, 0.4) is 0 Å². The zero-order valence-electron chi connectivity index (χ0n) is 24.1. The van der Waals surface area contributed by atoms with Gasteiger partial charge in [-0.15, -0.1) is 0 Å². The molecule has 3 aliphatic heterocycles. The second kappa shape index (κ2) is 11.0. The van der Waals surface area contributed by atoms with Gasteiger partial charge in [0.15, 0.2) is 0 Å². The number of para-hydroxylation sites is 2. The summed E-state index contributed by atoms with van der Waals surface area (Å²) in [6.07, 6.45) is 8.15. The molecule has 212 valence electrons. The number of anilines is 1. The van der Waals surface area contributed by atoms with Gasteiger partial charge >= 0.3 is 0 Å². The van der Waals surface area contributed by atoms with Crippen molar-refractivity contribution in [2.45, 2.75) is 68.5 Å². The number of nitrogens with one attached hydrogen (secondary N) is 1. The molecule has 6 nitrogen and oxygen atoms in total. The lowest BCUT2D eigenvalue weighted by Crippen LogP contribution is -2.49. The third-order valence-electron chi connectivity index (χ3n) is 10.3. The molecule has 4 heterocycles. The topological polar surface area (TPSA) is 53.4 Å². The fourth-order valence-corrected chi connectivity index (χ4v) is 8.13. The second-order valence-electron chi connectivity index (χ2n) is 12.3. The number of carbonyl (C=O) groups excluding carboxylic acids is 1. The molecule has 4 aromatic rings. The van der Waals surface area contributed by atoms with Crippen molar-refractivity contribution in [2.24, 2.45) is 0 Å². The molecule has 3 fully saturated rings. The number of likely N-dealkylation sites (tertiary alicyclic amines) is 1. The molecule has 0 spiro atoms. The Morgan fingerprint density at radius 3 is 2.17 bits per heavy atom. The first-order valence-corrected chi connectivity index (χ1v) is 15.5. The molecule has 6 heteroatoms. The number of imidazole rings is 1.